The van der Waals surface area contributed by atoms with Crippen molar-refractivity contribution in [2.75, 3.05) is 5.32 Å². The molecule has 0 aliphatic heterocycles. The lowest BCUT2D eigenvalue weighted by Crippen LogP contribution is -2.11. The molecule has 0 aliphatic carbocycles. The molecule has 0 radical (unpaired) electrons. The molecule has 0 spiro atoms. The second-order valence-corrected chi connectivity index (χ2v) is 6.82. The van der Waals surface area contributed by atoms with E-state index in [0.29, 0.717) is 16.3 Å². The van der Waals surface area contributed by atoms with Crippen molar-refractivity contribution >= 4 is 28.0 Å². The van der Waals surface area contributed by atoms with Crippen LogP contribution in [0.2, 0.25) is 0 Å². The largest absolute Gasteiger partial charge is 0.298 e. The van der Waals surface area contributed by atoms with Crippen molar-refractivity contribution in [3.63, 3.8) is 0 Å². The Labute approximate surface area is 148 Å². The van der Waals surface area contributed by atoms with Crippen molar-refractivity contribution in [3.8, 4) is 0 Å². The Hall–Kier alpha value is -3.06. The van der Waals surface area contributed by atoms with E-state index in [1.54, 1.807) is 16.9 Å². The van der Waals surface area contributed by atoms with Crippen LogP contribution in [0.4, 0.5) is 5.13 Å². The molecule has 1 amide bonds. The molecule has 6 nitrogen and oxygen atoms in total. The Kier molecular flexibility index (Phi) is 3.99. The lowest BCUT2D eigenvalue weighted by molar-refractivity contribution is 0.102. The molecule has 4 rings (SSSR count). The molecular weight excluding hydrogens is 334 g/mol. The normalized spacial score (nSPS) is 10.9. The van der Waals surface area contributed by atoms with Gasteiger partial charge in [0, 0.05) is 29.9 Å². The molecule has 4 aromatic rings. The summed E-state index contributed by atoms with van der Waals surface area (Å²) in [5.74, 6) is -0.257. The van der Waals surface area contributed by atoms with E-state index < -0.39 is 0 Å². The standard InChI is InChI=1S/C18H15N5OS/c1-12-8-19-16-15(10-21-23(16)11-12)17(24)22-18-20-9-14(25-18)7-13-5-3-2-4-6-13/h2-6,8-11H,7H2,1H3,(H,20,22,24). The van der Waals surface area contributed by atoms with Gasteiger partial charge in [0.05, 0.1) is 6.20 Å². The predicted molar refractivity (Wildman–Crippen MR) is 97.0 cm³/mol. The molecule has 0 saturated carbocycles. The Morgan fingerprint density at radius 1 is 1.16 bits per heavy atom. The molecule has 0 bridgehead atoms. The number of hydrogen-bond acceptors (Lipinski definition) is 5. The first-order valence-corrected chi connectivity index (χ1v) is 8.60. The quantitative estimate of drug-likeness (QED) is 0.613. The highest BCUT2D eigenvalue weighted by Gasteiger charge is 2.15. The molecule has 25 heavy (non-hydrogen) atoms. The van der Waals surface area contributed by atoms with E-state index in [2.05, 4.69) is 32.5 Å². The topological polar surface area (TPSA) is 72.2 Å². The maximum atomic E-state index is 12.5. The molecule has 0 saturated heterocycles. The van der Waals surface area contributed by atoms with E-state index in [1.807, 2.05) is 31.3 Å². The van der Waals surface area contributed by atoms with Gasteiger partial charge in [-0.15, -0.1) is 11.3 Å². The van der Waals surface area contributed by atoms with Crippen LogP contribution in [0, 0.1) is 6.92 Å². The van der Waals surface area contributed by atoms with Crippen LogP contribution in [0.1, 0.15) is 26.4 Å². The van der Waals surface area contributed by atoms with Crippen LogP contribution >= 0.6 is 11.3 Å². The second-order valence-electron chi connectivity index (χ2n) is 5.71. The predicted octanol–water partition coefficient (Wildman–Crippen LogP) is 3.34. The maximum Gasteiger partial charge on any atom is 0.262 e. The van der Waals surface area contributed by atoms with Gasteiger partial charge >= 0.3 is 0 Å². The average molecular weight is 349 g/mol. The molecule has 1 aromatic carbocycles. The van der Waals surface area contributed by atoms with E-state index in [-0.39, 0.29) is 5.91 Å². The molecule has 0 atom stereocenters. The molecule has 1 N–H and O–H groups in total. The fraction of sp³-hybridized carbons (Fsp3) is 0.111. The number of thiazole rings is 1. The first-order chi connectivity index (χ1) is 12.2. The number of carbonyl (C=O) groups is 1. The molecule has 7 heteroatoms. The zero-order valence-electron chi connectivity index (χ0n) is 13.5. The van der Waals surface area contributed by atoms with Gasteiger partial charge in [0.25, 0.3) is 5.91 Å². The first-order valence-electron chi connectivity index (χ1n) is 7.79. The second kappa shape index (κ2) is 6.45. The van der Waals surface area contributed by atoms with Crippen molar-refractivity contribution in [1.29, 1.82) is 0 Å². The van der Waals surface area contributed by atoms with Crippen LogP contribution in [0.5, 0.6) is 0 Å². The lowest BCUT2D eigenvalue weighted by atomic mass is 10.1. The molecular formula is C18H15N5OS. The summed E-state index contributed by atoms with van der Waals surface area (Å²) >= 11 is 1.47. The number of benzene rings is 1. The van der Waals surface area contributed by atoms with Gasteiger partial charge < -0.3 is 0 Å². The number of aromatic nitrogens is 4. The zero-order valence-corrected chi connectivity index (χ0v) is 14.3. The third-order valence-electron chi connectivity index (χ3n) is 3.73. The summed E-state index contributed by atoms with van der Waals surface area (Å²) in [5, 5.41) is 7.58. The van der Waals surface area contributed by atoms with E-state index >= 15 is 0 Å². The van der Waals surface area contributed by atoms with Gasteiger partial charge in [-0.1, -0.05) is 30.3 Å². The summed E-state index contributed by atoms with van der Waals surface area (Å²) in [6.07, 6.45) is 7.67. The zero-order chi connectivity index (χ0) is 17.2. The number of amides is 1. The first kappa shape index (κ1) is 15.5. The van der Waals surface area contributed by atoms with Gasteiger partial charge in [-0.2, -0.15) is 5.10 Å². The van der Waals surface area contributed by atoms with Gasteiger partial charge in [-0.3, -0.25) is 10.1 Å². The van der Waals surface area contributed by atoms with Crippen LogP contribution in [0.3, 0.4) is 0 Å². The molecule has 0 fully saturated rings. The molecule has 0 unspecified atom stereocenters. The lowest BCUT2D eigenvalue weighted by Gasteiger charge is -2.00. The smallest absolute Gasteiger partial charge is 0.262 e. The maximum absolute atomic E-state index is 12.5. The minimum atomic E-state index is -0.257. The van der Waals surface area contributed by atoms with E-state index in [4.69, 9.17) is 0 Å². The van der Waals surface area contributed by atoms with Crippen molar-refractivity contribution in [3.05, 3.63) is 76.7 Å². The Bertz CT molecular complexity index is 1040. The summed E-state index contributed by atoms with van der Waals surface area (Å²) < 4.78 is 1.60. The fourth-order valence-electron chi connectivity index (χ4n) is 2.54. The van der Waals surface area contributed by atoms with E-state index in [0.717, 1.165) is 16.9 Å². The van der Waals surface area contributed by atoms with Gasteiger partial charge in [-0.05, 0) is 18.1 Å². The SMILES string of the molecule is Cc1cnc2c(C(=O)Nc3ncc(Cc4ccccc4)s3)cnn2c1. The summed E-state index contributed by atoms with van der Waals surface area (Å²) in [6, 6.07) is 10.2. The highest BCUT2D eigenvalue weighted by atomic mass is 32.1. The number of carbonyl (C=O) groups excluding carboxylic acids is 1. The summed E-state index contributed by atoms with van der Waals surface area (Å²) in [4.78, 5) is 22.2. The highest BCUT2D eigenvalue weighted by Crippen LogP contribution is 2.22. The van der Waals surface area contributed by atoms with Crippen LogP contribution in [0.15, 0.2) is 55.1 Å². The van der Waals surface area contributed by atoms with Gasteiger partial charge in [0.1, 0.15) is 5.56 Å². The van der Waals surface area contributed by atoms with Gasteiger partial charge in [-0.25, -0.2) is 14.5 Å². The summed E-state index contributed by atoms with van der Waals surface area (Å²) in [7, 11) is 0. The van der Waals surface area contributed by atoms with Crippen molar-refractivity contribution in [2.24, 2.45) is 0 Å². The monoisotopic (exact) mass is 349 g/mol. The van der Waals surface area contributed by atoms with Crippen LogP contribution in [0.25, 0.3) is 5.65 Å². The Balaban J connectivity index is 1.51. The number of nitrogens with zero attached hydrogens (tertiary/aromatic N) is 4. The molecule has 3 heterocycles. The third-order valence-corrected chi connectivity index (χ3v) is 4.64. The number of fused-ring (bicyclic) bond motifs is 1. The third kappa shape index (κ3) is 3.27. The Morgan fingerprint density at radius 2 is 2.00 bits per heavy atom. The number of anilines is 1. The van der Waals surface area contributed by atoms with Crippen molar-refractivity contribution in [2.45, 2.75) is 13.3 Å². The van der Waals surface area contributed by atoms with Crippen molar-refractivity contribution in [1.82, 2.24) is 19.6 Å². The van der Waals surface area contributed by atoms with Crippen LogP contribution < -0.4 is 5.32 Å². The van der Waals surface area contributed by atoms with Crippen LogP contribution in [-0.4, -0.2) is 25.5 Å². The van der Waals surface area contributed by atoms with Crippen molar-refractivity contribution < 1.29 is 4.79 Å². The minimum Gasteiger partial charge on any atom is -0.298 e. The number of rotatable bonds is 4. The van der Waals surface area contributed by atoms with E-state index in [9.17, 15) is 4.79 Å². The summed E-state index contributed by atoms with van der Waals surface area (Å²) in [6.45, 7) is 1.93. The fourth-order valence-corrected chi connectivity index (χ4v) is 3.38. The molecule has 3 aromatic heterocycles. The number of hydrogen-bond donors (Lipinski definition) is 1. The summed E-state index contributed by atoms with van der Waals surface area (Å²) in [5.41, 5.74) is 3.16. The molecule has 0 aliphatic rings. The molecule has 124 valence electrons. The highest BCUT2D eigenvalue weighted by molar-refractivity contribution is 7.15. The van der Waals surface area contributed by atoms with Crippen LogP contribution in [-0.2, 0) is 6.42 Å². The number of nitrogens with one attached hydrogen (secondary N) is 1. The van der Waals surface area contributed by atoms with Gasteiger partial charge in [0.2, 0.25) is 0 Å². The van der Waals surface area contributed by atoms with Gasteiger partial charge in [0.15, 0.2) is 10.8 Å². The minimum absolute atomic E-state index is 0.257. The van der Waals surface area contributed by atoms with E-state index in [1.165, 1.54) is 23.1 Å². The average Bonchev–Trinajstić information content (AvgIpc) is 3.22. The number of aryl methyl sites for hydroxylation is 1. The Morgan fingerprint density at radius 3 is 2.84 bits per heavy atom.